The van der Waals surface area contributed by atoms with E-state index in [1.165, 1.54) is 0 Å². The van der Waals surface area contributed by atoms with Gasteiger partial charge in [-0.2, -0.15) is 0 Å². The molecule has 1 atom stereocenters. The standard InChI is InChI=1S/C16H17NO4S/c1-20-15-9-5-6-12-10-13(11-21-16(12)15)17-22(18,19)14-7-3-2-4-8-14/h2-9,13,17H,10-11H2,1H3/t13-/m0/s1. The number of benzene rings is 2. The molecule has 0 amide bonds. The molecule has 0 unspecified atom stereocenters. The lowest BCUT2D eigenvalue weighted by atomic mass is 10.0. The van der Waals surface area contributed by atoms with Crippen LogP contribution in [0.4, 0.5) is 0 Å². The number of sulfonamides is 1. The maximum atomic E-state index is 12.3. The first-order valence-corrected chi connectivity index (χ1v) is 8.44. The predicted octanol–water partition coefficient (Wildman–Crippen LogP) is 1.98. The number of ether oxygens (including phenoxy) is 2. The number of para-hydroxylation sites is 1. The van der Waals surface area contributed by atoms with Gasteiger partial charge in [-0.25, -0.2) is 13.1 Å². The van der Waals surface area contributed by atoms with Crippen molar-refractivity contribution >= 4 is 10.0 Å². The molecular formula is C16H17NO4S. The Hall–Kier alpha value is -2.05. The van der Waals surface area contributed by atoms with Crippen LogP contribution in [0.5, 0.6) is 11.5 Å². The van der Waals surface area contributed by atoms with Crippen LogP contribution in [-0.4, -0.2) is 28.2 Å². The van der Waals surface area contributed by atoms with Gasteiger partial charge in [-0.05, 0) is 30.2 Å². The number of hydrogen-bond donors (Lipinski definition) is 1. The summed E-state index contributed by atoms with van der Waals surface area (Å²) in [5, 5.41) is 0. The van der Waals surface area contributed by atoms with Crippen molar-refractivity contribution in [2.75, 3.05) is 13.7 Å². The summed E-state index contributed by atoms with van der Waals surface area (Å²) in [5.74, 6) is 1.36. The summed E-state index contributed by atoms with van der Waals surface area (Å²) in [6, 6.07) is 13.6. The van der Waals surface area contributed by atoms with Crippen molar-refractivity contribution in [2.45, 2.75) is 17.4 Å². The summed E-state index contributed by atoms with van der Waals surface area (Å²) < 4.78 is 38.3. The maximum Gasteiger partial charge on any atom is 0.240 e. The fraction of sp³-hybridized carbons (Fsp3) is 0.250. The number of rotatable bonds is 4. The van der Waals surface area contributed by atoms with E-state index in [1.54, 1.807) is 37.4 Å². The van der Waals surface area contributed by atoms with Gasteiger partial charge in [-0.1, -0.05) is 30.3 Å². The third kappa shape index (κ3) is 2.93. The molecule has 5 nitrogen and oxygen atoms in total. The first-order valence-electron chi connectivity index (χ1n) is 6.96. The van der Waals surface area contributed by atoms with Crippen LogP contribution >= 0.6 is 0 Å². The minimum absolute atomic E-state index is 0.256. The van der Waals surface area contributed by atoms with Crippen LogP contribution in [0.2, 0.25) is 0 Å². The third-order valence-electron chi connectivity index (χ3n) is 3.55. The average Bonchev–Trinajstić information content (AvgIpc) is 2.54. The Balaban J connectivity index is 1.79. The molecule has 6 heteroatoms. The fourth-order valence-corrected chi connectivity index (χ4v) is 3.76. The molecule has 0 bridgehead atoms. The first kappa shape index (κ1) is 14.9. The minimum atomic E-state index is -3.54. The molecule has 0 saturated carbocycles. The summed E-state index contributed by atoms with van der Waals surface area (Å²) in [6.07, 6.45) is 0.568. The second-order valence-corrected chi connectivity index (χ2v) is 6.81. The second-order valence-electron chi connectivity index (χ2n) is 5.09. The maximum absolute atomic E-state index is 12.3. The summed E-state index contributed by atoms with van der Waals surface area (Å²) in [7, 11) is -1.95. The summed E-state index contributed by atoms with van der Waals surface area (Å²) in [6.45, 7) is 0.277. The van der Waals surface area contributed by atoms with Gasteiger partial charge >= 0.3 is 0 Å². The number of fused-ring (bicyclic) bond motifs is 1. The molecular weight excluding hydrogens is 302 g/mol. The van der Waals surface area contributed by atoms with E-state index in [0.717, 1.165) is 5.56 Å². The van der Waals surface area contributed by atoms with Crippen LogP contribution in [0.15, 0.2) is 53.4 Å². The Labute approximate surface area is 129 Å². The molecule has 0 radical (unpaired) electrons. The molecule has 1 heterocycles. The Morgan fingerprint density at radius 2 is 1.91 bits per heavy atom. The second kappa shape index (κ2) is 5.98. The van der Waals surface area contributed by atoms with E-state index in [-0.39, 0.29) is 17.5 Å². The molecule has 0 aromatic heterocycles. The van der Waals surface area contributed by atoms with Gasteiger partial charge in [-0.15, -0.1) is 0 Å². The van der Waals surface area contributed by atoms with Crippen LogP contribution in [0, 0.1) is 0 Å². The van der Waals surface area contributed by atoms with E-state index < -0.39 is 10.0 Å². The average molecular weight is 319 g/mol. The topological polar surface area (TPSA) is 64.6 Å². The molecule has 22 heavy (non-hydrogen) atoms. The van der Waals surface area contributed by atoms with Crippen molar-refractivity contribution in [2.24, 2.45) is 0 Å². The molecule has 116 valence electrons. The van der Waals surface area contributed by atoms with Crippen LogP contribution in [-0.2, 0) is 16.4 Å². The molecule has 2 aromatic rings. The fourth-order valence-electron chi connectivity index (χ4n) is 2.52. The van der Waals surface area contributed by atoms with E-state index in [2.05, 4.69) is 4.72 Å². The van der Waals surface area contributed by atoms with Crippen LogP contribution < -0.4 is 14.2 Å². The van der Waals surface area contributed by atoms with E-state index in [4.69, 9.17) is 9.47 Å². The van der Waals surface area contributed by atoms with Gasteiger partial charge in [0.2, 0.25) is 10.0 Å². The number of hydrogen-bond acceptors (Lipinski definition) is 4. The lowest BCUT2D eigenvalue weighted by molar-refractivity contribution is 0.240. The molecule has 0 spiro atoms. The molecule has 1 aliphatic rings. The van der Waals surface area contributed by atoms with Gasteiger partial charge in [-0.3, -0.25) is 0 Å². The Bertz CT molecular complexity index is 759. The van der Waals surface area contributed by atoms with Crippen LogP contribution in [0.25, 0.3) is 0 Å². The molecule has 2 aromatic carbocycles. The molecule has 3 rings (SSSR count). The quantitative estimate of drug-likeness (QED) is 0.936. The van der Waals surface area contributed by atoms with E-state index in [0.29, 0.717) is 17.9 Å². The van der Waals surface area contributed by atoms with Gasteiger partial charge in [0.25, 0.3) is 0 Å². The van der Waals surface area contributed by atoms with Crippen molar-refractivity contribution in [1.29, 1.82) is 0 Å². The van der Waals surface area contributed by atoms with Crippen LogP contribution in [0.1, 0.15) is 5.56 Å². The monoisotopic (exact) mass is 319 g/mol. The lowest BCUT2D eigenvalue weighted by Gasteiger charge is -2.27. The molecule has 0 saturated heterocycles. The molecule has 0 fully saturated rings. The first-order chi connectivity index (χ1) is 10.6. The van der Waals surface area contributed by atoms with Crippen molar-refractivity contribution < 1.29 is 17.9 Å². The Morgan fingerprint density at radius 3 is 2.64 bits per heavy atom. The van der Waals surface area contributed by atoms with Crippen molar-refractivity contribution in [1.82, 2.24) is 4.72 Å². The van der Waals surface area contributed by atoms with Gasteiger partial charge in [0.15, 0.2) is 11.5 Å². The lowest BCUT2D eigenvalue weighted by Crippen LogP contribution is -2.42. The Kier molecular flexibility index (Phi) is 4.04. The van der Waals surface area contributed by atoms with Gasteiger partial charge in [0.1, 0.15) is 6.61 Å². The minimum Gasteiger partial charge on any atom is -0.493 e. The van der Waals surface area contributed by atoms with Gasteiger partial charge in [0.05, 0.1) is 18.0 Å². The van der Waals surface area contributed by atoms with Crippen LogP contribution in [0.3, 0.4) is 0 Å². The highest BCUT2D eigenvalue weighted by atomic mass is 32.2. The number of nitrogens with one attached hydrogen (secondary N) is 1. The zero-order chi connectivity index (χ0) is 15.6. The van der Waals surface area contributed by atoms with Crippen molar-refractivity contribution in [3.63, 3.8) is 0 Å². The van der Waals surface area contributed by atoms with Crippen molar-refractivity contribution in [3.8, 4) is 11.5 Å². The van der Waals surface area contributed by atoms with E-state index in [9.17, 15) is 8.42 Å². The van der Waals surface area contributed by atoms with Gasteiger partial charge < -0.3 is 9.47 Å². The van der Waals surface area contributed by atoms with Crippen molar-refractivity contribution in [3.05, 3.63) is 54.1 Å². The molecule has 1 N–H and O–H groups in total. The summed E-state index contributed by atoms with van der Waals surface area (Å²) in [4.78, 5) is 0.256. The van der Waals surface area contributed by atoms with E-state index >= 15 is 0 Å². The molecule has 0 aliphatic carbocycles. The zero-order valence-electron chi connectivity index (χ0n) is 12.2. The summed E-state index contributed by atoms with van der Waals surface area (Å²) in [5.41, 5.74) is 0.936. The third-order valence-corrected chi connectivity index (χ3v) is 5.09. The predicted molar refractivity (Wildman–Crippen MR) is 82.7 cm³/mol. The normalized spacial score (nSPS) is 17.4. The SMILES string of the molecule is COc1cccc2c1OC[C@@H](NS(=O)(=O)c1ccccc1)C2. The molecule has 1 aliphatic heterocycles. The Morgan fingerprint density at radius 1 is 1.14 bits per heavy atom. The highest BCUT2D eigenvalue weighted by Gasteiger charge is 2.26. The smallest absolute Gasteiger partial charge is 0.240 e. The van der Waals surface area contributed by atoms with E-state index in [1.807, 2.05) is 18.2 Å². The highest BCUT2D eigenvalue weighted by Crippen LogP contribution is 2.34. The highest BCUT2D eigenvalue weighted by molar-refractivity contribution is 7.89. The zero-order valence-corrected chi connectivity index (χ0v) is 13.0. The summed E-state index contributed by atoms with van der Waals surface area (Å²) >= 11 is 0. The van der Waals surface area contributed by atoms with Gasteiger partial charge in [0, 0.05) is 0 Å². The number of methoxy groups -OCH3 is 1. The largest absolute Gasteiger partial charge is 0.493 e.